The molecule has 0 radical (unpaired) electrons. The highest BCUT2D eigenvalue weighted by molar-refractivity contribution is 5.79. The first kappa shape index (κ1) is 21.3. The number of ether oxygens (including phenoxy) is 2. The maximum absolute atomic E-state index is 13.1. The molecule has 0 unspecified atom stereocenters. The van der Waals surface area contributed by atoms with Crippen molar-refractivity contribution in [1.82, 2.24) is 10.2 Å². The molecule has 4 rings (SSSR count). The number of amides is 2. The van der Waals surface area contributed by atoms with Crippen LogP contribution in [0, 0.1) is 0 Å². The quantitative estimate of drug-likeness (QED) is 0.758. The van der Waals surface area contributed by atoms with Gasteiger partial charge in [-0.25, -0.2) is 0 Å². The van der Waals surface area contributed by atoms with Crippen molar-refractivity contribution in [1.29, 1.82) is 0 Å². The predicted molar refractivity (Wildman–Crippen MR) is 111 cm³/mol. The van der Waals surface area contributed by atoms with Crippen LogP contribution in [0.1, 0.15) is 44.1 Å². The molecule has 3 fully saturated rings. The molecule has 0 spiro atoms. The molecule has 1 aliphatic carbocycles. The summed E-state index contributed by atoms with van der Waals surface area (Å²) in [6.07, 6.45) is 4.25. The molecule has 2 N–H and O–H groups in total. The van der Waals surface area contributed by atoms with Gasteiger partial charge in [0.2, 0.25) is 11.8 Å². The smallest absolute Gasteiger partial charge is 0.227 e. The van der Waals surface area contributed by atoms with E-state index in [9.17, 15) is 14.7 Å². The number of carbonyl (C=O) groups excluding carboxylic acids is 2. The Labute approximate surface area is 177 Å². The molecular formula is C23H32N2O5. The second kappa shape index (κ2) is 9.90. The Morgan fingerprint density at radius 1 is 1.10 bits per heavy atom. The van der Waals surface area contributed by atoms with Gasteiger partial charge < -0.3 is 24.8 Å². The minimum atomic E-state index is -0.711. The van der Waals surface area contributed by atoms with Gasteiger partial charge in [-0.2, -0.15) is 0 Å². The lowest BCUT2D eigenvalue weighted by Gasteiger charge is -2.44. The summed E-state index contributed by atoms with van der Waals surface area (Å²) in [5.74, 6) is 0.0317. The van der Waals surface area contributed by atoms with E-state index in [1.165, 1.54) is 6.42 Å². The number of aliphatic hydroxyl groups is 1. The monoisotopic (exact) mass is 416 g/mol. The van der Waals surface area contributed by atoms with Crippen molar-refractivity contribution in [2.24, 2.45) is 0 Å². The molecule has 7 heteroatoms. The summed E-state index contributed by atoms with van der Waals surface area (Å²) >= 11 is 0. The van der Waals surface area contributed by atoms with E-state index in [4.69, 9.17) is 9.47 Å². The van der Waals surface area contributed by atoms with Gasteiger partial charge in [0.25, 0.3) is 0 Å². The number of carbonyl (C=O) groups is 2. The average molecular weight is 417 g/mol. The van der Waals surface area contributed by atoms with Crippen LogP contribution in [0.2, 0.25) is 0 Å². The minimum absolute atomic E-state index is 0.0121. The van der Waals surface area contributed by atoms with Gasteiger partial charge in [0.05, 0.1) is 44.3 Å². The van der Waals surface area contributed by atoms with Crippen molar-refractivity contribution >= 4 is 11.8 Å². The Kier molecular flexibility index (Phi) is 7.02. The lowest BCUT2D eigenvalue weighted by Crippen LogP contribution is -2.58. The largest absolute Gasteiger partial charge is 0.389 e. The third-order valence-corrected chi connectivity index (χ3v) is 6.38. The van der Waals surface area contributed by atoms with Crippen LogP contribution < -0.4 is 5.32 Å². The van der Waals surface area contributed by atoms with Crippen molar-refractivity contribution in [3.8, 4) is 0 Å². The van der Waals surface area contributed by atoms with Gasteiger partial charge in [-0.05, 0) is 37.7 Å². The fourth-order valence-corrected chi connectivity index (χ4v) is 4.55. The summed E-state index contributed by atoms with van der Waals surface area (Å²) in [7, 11) is 0. The minimum Gasteiger partial charge on any atom is -0.389 e. The number of nitrogens with zero attached hydrogens (tertiary/aromatic N) is 1. The standard InChI is InChI=1S/C23H32N2O5/c26-18-13-25(23(28)11-16-5-2-1-3-6-16)20-10-9-19(30-21(20)15-29-14-18)12-22(27)24-17-7-4-8-17/h1-3,5-6,17-21,26H,4,7-15H2,(H,24,27)/t18-,19-,20+,21-/m1/s1. The summed E-state index contributed by atoms with van der Waals surface area (Å²) in [6, 6.07) is 9.82. The van der Waals surface area contributed by atoms with Crippen LogP contribution in [-0.4, -0.2) is 72.0 Å². The fraction of sp³-hybridized carbons (Fsp3) is 0.652. The third kappa shape index (κ3) is 5.39. The number of nitrogens with one attached hydrogen (secondary N) is 1. The van der Waals surface area contributed by atoms with Crippen LogP contribution in [-0.2, 0) is 25.5 Å². The molecule has 2 aliphatic heterocycles. The van der Waals surface area contributed by atoms with E-state index in [1.807, 2.05) is 30.3 Å². The van der Waals surface area contributed by atoms with E-state index in [2.05, 4.69) is 5.32 Å². The van der Waals surface area contributed by atoms with Crippen LogP contribution in [0.3, 0.4) is 0 Å². The molecule has 1 aromatic rings. The molecule has 2 saturated heterocycles. The van der Waals surface area contributed by atoms with Crippen molar-refractivity contribution in [2.75, 3.05) is 19.8 Å². The van der Waals surface area contributed by atoms with E-state index in [-0.39, 0.29) is 43.2 Å². The van der Waals surface area contributed by atoms with Crippen molar-refractivity contribution < 1.29 is 24.2 Å². The van der Waals surface area contributed by atoms with Gasteiger partial charge in [0.1, 0.15) is 6.10 Å². The normalized spacial score (nSPS) is 29.8. The number of fused-ring (bicyclic) bond motifs is 1. The van der Waals surface area contributed by atoms with Gasteiger partial charge in [0, 0.05) is 12.6 Å². The van der Waals surface area contributed by atoms with E-state index in [0.717, 1.165) is 24.8 Å². The lowest BCUT2D eigenvalue weighted by molar-refractivity contribution is -0.169. The number of benzene rings is 1. The summed E-state index contributed by atoms with van der Waals surface area (Å²) in [6.45, 7) is 0.731. The highest BCUT2D eigenvalue weighted by Crippen LogP contribution is 2.28. The molecule has 164 valence electrons. The molecule has 2 amide bonds. The molecule has 4 atom stereocenters. The average Bonchev–Trinajstić information content (AvgIpc) is 2.69. The summed E-state index contributed by atoms with van der Waals surface area (Å²) in [5, 5.41) is 13.3. The lowest BCUT2D eigenvalue weighted by atomic mass is 9.92. The van der Waals surface area contributed by atoms with Crippen LogP contribution in [0.25, 0.3) is 0 Å². The Hall–Kier alpha value is -1.96. The third-order valence-electron chi connectivity index (χ3n) is 6.38. The zero-order valence-corrected chi connectivity index (χ0v) is 17.4. The molecule has 3 aliphatic rings. The topological polar surface area (TPSA) is 88.1 Å². The van der Waals surface area contributed by atoms with Gasteiger partial charge >= 0.3 is 0 Å². The van der Waals surface area contributed by atoms with Crippen molar-refractivity contribution in [2.45, 2.75) is 75.3 Å². The molecule has 1 saturated carbocycles. The molecular weight excluding hydrogens is 384 g/mol. The summed E-state index contributed by atoms with van der Waals surface area (Å²) in [5.41, 5.74) is 0.953. The second-order valence-corrected chi connectivity index (χ2v) is 8.74. The highest BCUT2D eigenvalue weighted by Gasteiger charge is 2.40. The first-order chi connectivity index (χ1) is 14.6. The Balaban J connectivity index is 1.39. The van der Waals surface area contributed by atoms with Gasteiger partial charge in [-0.15, -0.1) is 0 Å². The summed E-state index contributed by atoms with van der Waals surface area (Å²) in [4.78, 5) is 27.2. The zero-order valence-electron chi connectivity index (χ0n) is 17.4. The molecule has 2 heterocycles. The Bertz CT molecular complexity index is 724. The van der Waals surface area contributed by atoms with Crippen LogP contribution in [0.15, 0.2) is 30.3 Å². The van der Waals surface area contributed by atoms with Gasteiger partial charge in [-0.1, -0.05) is 30.3 Å². The maximum Gasteiger partial charge on any atom is 0.227 e. The van der Waals surface area contributed by atoms with Crippen LogP contribution >= 0.6 is 0 Å². The van der Waals surface area contributed by atoms with Gasteiger partial charge in [0.15, 0.2) is 0 Å². The van der Waals surface area contributed by atoms with E-state index >= 15 is 0 Å². The van der Waals surface area contributed by atoms with E-state index < -0.39 is 6.10 Å². The van der Waals surface area contributed by atoms with Gasteiger partial charge in [-0.3, -0.25) is 9.59 Å². The number of hydrogen-bond donors (Lipinski definition) is 2. The molecule has 7 nitrogen and oxygen atoms in total. The Morgan fingerprint density at radius 3 is 2.63 bits per heavy atom. The fourth-order valence-electron chi connectivity index (χ4n) is 4.55. The molecule has 30 heavy (non-hydrogen) atoms. The SMILES string of the molecule is O=C(C[C@H]1CC[C@H]2[C@@H](COC[C@H](O)CN2C(=O)Cc2ccccc2)O1)NC1CCC1. The maximum atomic E-state index is 13.1. The predicted octanol–water partition coefficient (Wildman–Crippen LogP) is 1.42. The number of β-amino-alcohol motifs (C(OH)–C–C–N with tert-alkyl or cyclic N) is 1. The van der Waals surface area contributed by atoms with Crippen molar-refractivity contribution in [3.05, 3.63) is 35.9 Å². The van der Waals surface area contributed by atoms with Crippen molar-refractivity contribution in [3.63, 3.8) is 0 Å². The molecule has 0 aromatic heterocycles. The summed E-state index contributed by atoms with van der Waals surface area (Å²) < 4.78 is 11.9. The highest BCUT2D eigenvalue weighted by atomic mass is 16.5. The van der Waals surface area contributed by atoms with E-state index in [1.54, 1.807) is 4.90 Å². The number of aliphatic hydroxyl groups excluding tert-OH is 1. The van der Waals surface area contributed by atoms with E-state index in [0.29, 0.717) is 31.9 Å². The number of rotatable bonds is 5. The number of hydrogen-bond acceptors (Lipinski definition) is 5. The molecule has 1 aromatic carbocycles. The Morgan fingerprint density at radius 2 is 1.90 bits per heavy atom. The van der Waals surface area contributed by atoms with Crippen LogP contribution in [0.5, 0.6) is 0 Å². The first-order valence-corrected chi connectivity index (χ1v) is 11.1. The van der Waals surface area contributed by atoms with Crippen LogP contribution in [0.4, 0.5) is 0 Å². The first-order valence-electron chi connectivity index (χ1n) is 11.1. The zero-order chi connectivity index (χ0) is 20.9. The molecule has 0 bridgehead atoms. The second-order valence-electron chi connectivity index (χ2n) is 8.74.